The van der Waals surface area contributed by atoms with Crippen LogP contribution in [0.3, 0.4) is 0 Å². The number of Topliss-reactive ketones (excluding diaryl/α,β-unsaturated/α-hetero) is 1. The van der Waals surface area contributed by atoms with Crippen LogP contribution in [0.25, 0.3) is 0 Å². The van der Waals surface area contributed by atoms with Crippen LogP contribution in [0.2, 0.25) is 0 Å². The summed E-state index contributed by atoms with van der Waals surface area (Å²) in [6, 6.07) is 6.86. The zero-order chi connectivity index (χ0) is 11.1. The van der Waals surface area contributed by atoms with Crippen LogP contribution in [0, 0.1) is 0 Å². The lowest BCUT2D eigenvalue weighted by atomic mass is 9.71. The molecule has 0 unspecified atom stereocenters. The number of fused-ring (bicyclic) bond motifs is 1. The molecule has 1 aromatic rings. The highest BCUT2D eigenvalue weighted by atomic mass is 16.5. The third-order valence-electron chi connectivity index (χ3n) is 2.58. The molecule has 0 aliphatic heterocycles. The molecule has 0 bridgehead atoms. The van der Waals surface area contributed by atoms with Gasteiger partial charge in [0.25, 0.3) is 0 Å². The van der Waals surface area contributed by atoms with Crippen LogP contribution >= 0.6 is 0 Å². The molecule has 0 saturated carbocycles. The van der Waals surface area contributed by atoms with Crippen LogP contribution in [0.1, 0.15) is 15.9 Å². The van der Waals surface area contributed by atoms with Gasteiger partial charge in [0.15, 0.2) is 5.76 Å². The van der Waals surface area contributed by atoms with Crippen molar-refractivity contribution in [3.05, 3.63) is 53.5 Å². The highest BCUT2D eigenvalue weighted by molar-refractivity contribution is 6.14. The molecule has 3 heteroatoms. The number of rotatable bonds is 2. The Balaban J connectivity index is 2.60. The van der Waals surface area contributed by atoms with E-state index in [1.54, 1.807) is 24.3 Å². The molecule has 1 aromatic carbocycles. The van der Waals surface area contributed by atoms with Crippen molar-refractivity contribution in [2.24, 2.45) is 0 Å². The quantitative estimate of drug-likeness (QED) is 0.582. The van der Waals surface area contributed by atoms with E-state index in [9.17, 15) is 9.90 Å². The maximum absolute atomic E-state index is 11.7. The fourth-order valence-corrected chi connectivity index (χ4v) is 1.82. The Morgan fingerprint density at radius 1 is 1.53 bits per heavy atom. The normalized spacial score (nSPS) is 22.4. The van der Waals surface area contributed by atoms with E-state index in [-0.39, 0.29) is 11.5 Å². The topological polar surface area (TPSA) is 46.5 Å². The molecular weight excluding hydrogens is 192 g/mol. The fourth-order valence-electron chi connectivity index (χ4n) is 1.82. The maximum atomic E-state index is 11.7. The third-order valence-corrected chi connectivity index (χ3v) is 2.58. The van der Waals surface area contributed by atoms with E-state index in [0.29, 0.717) is 11.1 Å². The summed E-state index contributed by atoms with van der Waals surface area (Å²) in [6.45, 7) is 3.39. The van der Waals surface area contributed by atoms with Crippen LogP contribution in [0.4, 0.5) is 0 Å². The van der Waals surface area contributed by atoms with E-state index in [2.05, 4.69) is 12.3 Å². The zero-order valence-electron chi connectivity index (χ0n) is 8.28. The molecule has 0 spiro atoms. The third kappa shape index (κ3) is 1.02. The van der Waals surface area contributed by atoms with Gasteiger partial charge in [-0.1, -0.05) is 36.6 Å². The smallest absolute Gasteiger partial charge is 0.219 e. The summed E-state index contributed by atoms with van der Waals surface area (Å²) in [5.41, 5.74) is 1.81. The lowest BCUT2D eigenvalue weighted by Gasteiger charge is -2.36. The molecule has 0 heterocycles. The van der Waals surface area contributed by atoms with Gasteiger partial charge in [0, 0.05) is 11.1 Å². The molecule has 0 amide bonds. The number of ether oxygens (including phenoxy) is 1. The molecular formula is C12H10O3. The van der Waals surface area contributed by atoms with Crippen molar-refractivity contribution in [1.29, 1.82) is 0 Å². The first-order valence-electron chi connectivity index (χ1n) is 4.47. The number of hydrogen-bond acceptors (Lipinski definition) is 3. The Hall–Kier alpha value is -1.83. The maximum Gasteiger partial charge on any atom is 0.219 e. The van der Waals surface area contributed by atoms with Gasteiger partial charge in [-0.2, -0.15) is 0 Å². The minimum Gasteiger partial charge on any atom is -0.489 e. The molecule has 2 rings (SSSR count). The second-order valence-electron chi connectivity index (χ2n) is 3.30. The van der Waals surface area contributed by atoms with E-state index in [4.69, 9.17) is 4.74 Å². The largest absolute Gasteiger partial charge is 0.489 e. The molecule has 1 aliphatic rings. The molecule has 1 atom stereocenters. The van der Waals surface area contributed by atoms with Gasteiger partial charge in [-0.3, -0.25) is 4.79 Å². The van der Waals surface area contributed by atoms with Gasteiger partial charge < -0.3 is 9.84 Å². The van der Waals surface area contributed by atoms with Crippen molar-refractivity contribution in [3.8, 4) is 0 Å². The average molecular weight is 202 g/mol. The molecule has 0 aromatic heterocycles. The van der Waals surface area contributed by atoms with E-state index in [1.807, 2.05) is 0 Å². The monoisotopic (exact) mass is 202 g/mol. The SMILES string of the molecule is C=C=C(OC)[C@@]1(O)C(=O)c2ccccc21. The number of benzene rings is 1. The molecule has 0 saturated heterocycles. The highest BCUT2D eigenvalue weighted by Crippen LogP contribution is 2.43. The molecule has 15 heavy (non-hydrogen) atoms. The number of methoxy groups -OCH3 is 1. The Morgan fingerprint density at radius 2 is 2.20 bits per heavy atom. The van der Waals surface area contributed by atoms with Gasteiger partial charge in [-0.25, -0.2) is 0 Å². The molecule has 0 radical (unpaired) electrons. The predicted molar refractivity (Wildman–Crippen MR) is 54.3 cm³/mol. The predicted octanol–water partition coefficient (Wildman–Crippen LogP) is 1.39. The van der Waals surface area contributed by atoms with Gasteiger partial charge in [0.1, 0.15) is 0 Å². The van der Waals surface area contributed by atoms with Crippen LogP contribution in [0.15, 0.2) is 42.3 Å². The number of carbonyl (C=O) groups is 1. The summed E-state index contributed by atoms with van der Waals surface area (Å²) in [7, 11) is 1.37. The van der Waals surface area contributed by atoms with Gasteiger partial charge in [-0.15, -0.1) is 0 Å². The fraction of sp³-hybridized carbons (Fsp3) is 0.167. The van der Waals surface area contributed by atoms with Crippen molar-refractivity contribution in [3.63, 3.8) is 0 Å². The lowest BCUT2D eigenvalue weighted by Crippen LogP contribution is -2.48. The highest BCUT2D eigenvalue weighted by Gasteiger charge is 2.54. The average Bonchev–Trinajstić information content (AvgIpc) is 2.30. The summed E-state index contributed by atoms with van der Waals surface area (Å²) in [6.07, 6.45) is 0. The molecule has 1 aliphatic carbocycles. The standard InChI is InChI=1S/C12H10O3/c1-3-10(15-2)12(14)9-7-5-4-6-8(9)11(12)13/h4-7,14H,1H2,2H3/t12-/m1/s1. The van der Waals surface area contributed by atoms with Crippen molar-refractivity contribution >= 4 is 5.78 Å². The van der Waals surface area contributed by atoms with Gasteiger partial charge in [0.2, 0.25) is 11.4 Å². The molecule has 1 N–H and O–H groups in total. The second-order valence-corrected chi connectivity index (χ2v) is 3.30. The van der Waals surface area contributed by atoms with E-state index >= 15 is 0 Å². The first kappa shape index (κ1) is 9.71. The van der Waals surface area contributed by atoms with E-state index < -0.39 is 5.60 Å². The van der Waals surface area contributed by atoms with Crippen molar-refractivity contribution in [1.82, 2.24) is 0 Å². The molecule has 0 fully saturated rings. The van der Waals surface area contributed by atoms with E-state index in [0.717, 1.165) is 0 Å². The molecule has 3 nitrogen and oxygen atoms in total. The second kappa shape index (κ2) is 3.09. The van der Waals surface area contributed by atoms with Crippen molar-refractivity contribution < 1.29 is 14.6 Å². The first-order chi connectivity index (χ1) is 7.16. The van der Waals surface area contributed by atoms with Gasteiger partial charge in [0.05, 0.1) is 7.11 Å². The van der Waals surface area contributed by atoms with Crippen molar-refractivity contribution in [2.75, 3.05) is 7.11 Å². The lowest BCUT2D eigenvalue weighted by molar-refractivity contribution is 0.00927. The number of aliphatic hydroxyl groups is 1. The Bertz CT molecular complexity index is 483. The zero-order valence-corrected chi connectivity index (χ0v) is 8.28. The first-order valence-corrected chi connectivity index (χ1v) is 4.47. The number of ketones is 1. The summed E-state index contributed by atoms with van der Waals surface area (Å²) in [5, 5.41) is 10.2. The van der Waals surface area contributed by atoms with Crippen molar-refractivity contribution in [2.45, 2.75) is 5.60 Å². The number of hydrogen-bond donors (Lipinski definition) is 1. The Kier molecular flexibility index (Phi) is 2.00. The summed E-state index contributed by atoms with van der Waals surface area (Å²) < 4.78 is 4.91. The van der Waals surface area contributed by atoms with Crippen LogP contribution in [0.5, 0.6) is 0 Å². The Morgan fingerprint density at radius 3 is 2.80 bits per heavy atom. The summed E-state index contributed by atoms with van der Waals surface area (Å²) in [4.78, 5) is 11.7. The van der Waals surface area contributed by atoms with E-state index in [1.165, 1.54) is 7.11 Å². The summed E-state index contributed by atoms with van der Waals surface area (Å²) in [5.74, 6) is -0.322. The number of carbonyl (C=O) groups excluding carboxylic acids is 1. The van der Waals surface area contributed by atoms with Gasteiger partial charge >= 0.3 is 0 Å². The van der Waals surface area contributed by atoms with Gasteiger partial charge in [-0.05, 0) is 0 Å². The van der Waals surface area contributed by atoms with Crippen LogP contribution in [-0.4, -0.2) is 18.0 Å². The molecule has 76 valence electrons. The van der Waals surface area contributed by atoms with Crippen LogP contribution in [-0.2, 0) is 10.3 Å². The minimum atomic E-state index is -1.69. The summed E-state index contributed by atoms with van der Waals surface area (Å²) >= 11 is 0. The Labute approximate surface area is 87.3 Å². The minimum absolute atomic E-state index is 0.0474. The van der Waals surface area contributed by atoms with Crippen LogP contribution < -0.4 is 0 Å².